The number of hydrogen-bond donors (Lipinski definition) is 1. The molecule has 0 saturated heterocycles. The van der Waals surface area contributed by atoms with Crippen molar-refractivity contribution in [3.63, 3.8) is 0 Å². The monoisotopic (exact) mass is 377 g/mol. The number of aliphatic hydroxyl groups is 1. The van der Waals surface area contributed by atoms with Crippen molar-refractivity contribution in [2.24, 2.45) is 5.41 Å². The summed E-state index contributed by atoms with van der Waals surface area (Å²) in [6, 6.07) is 13.2. The Bertz CT molecular complexity index is 1070. The largest absolute Gasteiger partial charge is 0.458 e. The molecule has 0 fully saturated rings. The van der Waals surface area contributed by atoms with Gasteiger partial charge in [-0.15, -0.1) is 0 Å². The van der Waals surface area contributed by atoms with Gasteiger partial charge in [0.25, 0.3) is 0 Å². The van der Waals surface area contributed by atoms with Crippen molar-refractivity contribution in [2.45, 2.75) is 26.4 Å². The van der Waals surface area contributed by atoms with Crippen LogP contribution in [-0.4, -0.2) is 15.9 Å². The van der Waals surface area contributed by atoms with Gasteiger partial charge in [-0.3, -0.25) is 9.78 Å². The molecule has 0 bridgehead atoms. The van der Waals surface area contributed by atoms with Crippen LogP contribution in [0.25, 0.3) is 5.57 Å². The van der Waals surface area contributed by atoms with E-state index in [0.717, 1.165) is 16.7 Å². The smallest absolute Gasteiger partial charge is 0.210 e. The van der Waals surface area contributed by atoms with E-state index in [0.29, 0.717) is 17.9 Å². The van der Waals surface area contributed by atoms with E-state index < -0.39 is 11.5 Å². The van der Waals surface area contributed by atoms with Crippen LogP contribution in [-0.2, 0) is 6.42 Å². The number of halogens is 1. The fourth-order valence-corrected chi connectivity index (χ4v) is 3.71. The lowest BCUT2D eigenvalue weighted by Gasteiger charge is -2.34. The normalized spacial score (nSPS) is 21.1. The van der Waals surface area contributed by atoms with Gasteiger partial charge in [-0.1, -0.05) is 24.3 Å². The Morgan fingerprint density at radius 3 is 2.71 bits per heavy atom. The summed E-state index contributed by atoms with van der Waals surface area (Å²) in [7, 11) is 0. The molecule has 0 aliphatic heterocycles. The first kappa shape index (κ1) is 18.3. The van der Waals surface area contributed by atoms with Crippen molar-refractivity contribution in [2.75, 3.05) is 0 Å². The first-order valence-corrected chi connectivity index (χ1v) is 9.09. The molecule has 1 aromatic carbocycles. The van der Waals surface area contributed by atoms with Crippen LogP contribution < -0.4 is 0 Å². The predicted octanol–water partition coefficient (Wildman–Crippen LogP) is 4.74. The number of furan rings is 1. The summed E-state index contributed by atoms with van der Waals surface area (Å²) in [5, 5.41) is 10.9. The molecule has 4 rings (SSSR count). The zero-order valence-corrected chi connectivity index (χ0v) is 15.6. The maximum absolute atomic E-state index is 13.2. The standard InChI is InChI=1S/C23H20FNO3/c1-14-13-23(2,22(27)20-18(14)4-3-11-25-20)21(26)19-10-9-17(28-19)12-15-5-7-16(24)8-6-15/h3-11,13,22,27H,12H2,1-2H3. The first-order valence-electron chi connectivity index (χ1n) is 9.09. The van der Waals surface area contributed by atoms with Gasteiger partial charge < -0.3 is 9.52 Å². The maximum Gasteiger partial charge on any atom is 0.210 e. The van der Waals surface area contributed by atoms with Crippen LogP contribution in [0.4, 0.5) is 4.39 Å². The lowest BCUT2D eigenvalue weighted by molar-refractivity contribution is 0.0444. The van der Waals surface area contributed by atoms with Crippen LogP contribution in [0.2, 0.25) is 0 Å². The minimum atomic E-state index is -1.17. The molecular formula is C23H20FNO3. The highest BCUT2D eigenvalue weighted by Gasteiger charge is 2.45. The van der Waals surface area contributed by atoms with E-state index in [2.05, 4.69) is 4.98 Å². The van der Waals surface area contributed by atoms with Crippen molar-refractivity contribution >= 4 is 11.4 Å². The number of allylic oxidation sites excluding steroid dienone is 1. The van der Waals surface area contributed by atoms with Crippen LogP contribution in [0.1, 0.15) is 53.1 Å². The maximum atomic E-state index is 13.2. The molecule has 5 heteroatoms. The Hall–Kier alpha value is -3.05. The van der Waals surface area contributed by atoms with Crippen LogP contribution in [0, 0.1) is 11.2 Å². The lowest BCUT2D eigenvalue weighted by Crippen LogP contribution is -2.36. The number of fused-ring (bicyclic) bond motifs is 1. The van der Waals surface area contributed by atoms with Gasteiger partial charge in [0.1, 0.15) is 17.7 Å². The Kier molecular flexibility index (Phi) is 4.47. The molecule has 0 saturated carbocycles. The molecule has 2 unspecified atom stereocenters. The van der Waals surface area contributed by atoms with Crippen molar-refractivity contribution in [1.82, 2.24) is 4.98 Å². The molecule has 142 valence electrons. The number of aromatic nitrogens is 1. The van der Waals surface area contributed by atoms with Gasteiger partial charge in [0.05, 0.1) is 11.1 Å². The second-order valence-corrected chi connectivity index (χ2v) is 7.35. The Morgan fingerprint density at radius 2 is 1.96 bits per heavy atom. The zero-order valence-electron chi connectivity index (χ0n) is 15.6. The summed E-state index contributed by atoms with van der Waals surface area (Å²) >= 11 is 0. The van der Waals surface area contributed by atoms with Crippen LogP contribution in [0.3, 0.4) is 0 Å². The summed E-state index contributed by atoms with van der Waals surface area (Å²) in [6.45, 7) is 3.60. The molecule has 2 heterocycles. The molecular weight excluding hydrogens is 357 g/mol. The number of ketones is 1. The summed E-state index contributed by atoms with van der Waals surface area (Å²) in [6.07, 6.45) is 2.78. The molecule has 3 aromatic rings. The summed E-state index contributed by atoms with van der Waals surface area (Å²) in [4.78, 5) is 17.5. The highest BCUT2D eigenvalue weighted by atomic mass is 19.1. The Labute approximate surface area is 162 Å². The van der Waals surface area contributed by atoms with Gasteiger partial charge >= 0.3 is 0 Å². The topological polar surface area (TPSA) is 63.3 Å². The molecule has 0 amide bonds. The van der Waals surface area contributed by atoms with Gasteiger partial charge in [0.15, 0.2) is 5.76 Å². The fourth-order valence-electron chi connectivity index (χ4n) is 3.71. The quantitative estimate of drug-likeness (QED) is 0.667. The fraction of sp³-hybridized carbons (Fsp3) is 0.217. The number of rotatable bonds is 4. The molecule has 4 nitrogen and oxygen atoms in total. The number of carbonyl (C=O) groups excluding carboxylic acids is 1. The molecule has 0 radical (unpaired) electrons. The first-order chi connectivity index (χ1) is 13.4. The average molecular weight is 377 g/mol. The molecule has 1 aliphatic rings. The van der Waals surface area contributed by atoms with Crippen molar-refractivity contribution < 1.29 is 18.7 Å². The lowest BCUT2D eigenvalue weighted by atomic mass is 9.71. The highest BCUT2D eigenvalue weighted by molar-refractivity contribution is 6.01. The Morgan fingerprint density at radius 1 is 1.21 bits per heavy atom. The third-order valence-electron chi connectivity index (χ3n) is 5.27. The number of nitrogens with zero attached hydrogens (tertiary/aromatic N) is 1. The van der Waals surface area contributed by atoms with Gasteiger partial charge in [-0.25, -0.2) is 4.39 Å². The molecule has 2 atom stereocenters. The van der Waals surface area contributed by atoms with Crippen molar-refractivity contribution in [3.8, 4) is 0 Å². The van der Waals surface area contributed by atoms with Crippen molar-refractivity contribution in [1.29, 1.82) is 0 Å². The highest BCUT2D eigenvalue weighted by Crippen LogP contribution is 2.45. The number of pyridine rings is 1. The number of carbonyl (C=O) groups is 1. The molecule has 1 aliphatic carbocycles. The Balaban J connectivity index is 1.62. The zero-order chi connectivity index (χ0) is 19.9. The van der Waals surface area contributed by atoms with E-state index >= 15 is 0 Å². The molecule has 0 spiro atoms. The number of Topliss-reactive ketones (excluding diaryl/α,β-unsaturated/α-hetero) is 1. The molecule has 28 heavy (non-hydrogen) atoms. The van der Waals surface area contributed by atoms with Gasteiger partial charge in [-0.2, -0.15) is 0 Å². The minimum absolute atomic E-state index is 0.182. The molecule has 1 N–H and O–H groups in total. The molecule has 2 aromatic heterocycles. The summed E-state index contributed by atoms with van der Waals surface area (Å²) in [5.41, 5.74) is 1.94. The van der Waals surface area contributed by atoms with E-state index in [1.807, 2.05) is 19.1 Å². The number of aliphatic hydroxyl groups excluding tert-OH is 1. The van der Waals surface area contributed by atoms with Crippen LogP contribution >= 0.6 is 0 Å². The number of benzene rings is 1. The van der Waals surface area contributed by atoms with Gasteiger partial charge in [0, 0.05) is 18.2 Å². The van der Waals surface area contributed by atoms with Crippen LogP contribution in [0.15, 0.2) is 65.2 Å². The third kappa shape index (κ3) is 3.08. The SMILES string of the molecule is CC1=CC(C)(C(=O)c2ccc(Cc3ccc(F)cc3)o2)C(O)c2ncccc21. The third-order valence-corrected chi connectivity index (χ3v) is 5.27. The van der Waals surface area contributed by atoms with Gasteiger partial charge in [-0.05, 0) is 55.3 Å². The average Bonchev–Trinajstić information content (AvgIpc) is 3.16. The second kappa shape index (κ2) is 6.84. The van der Waals surface area contributed by atoms with E-state index in [1.54, 1.807) is 43.5 Å². The predicted molar refractivity (Wildman–Crippen MR) is 103 cm³/mol. The number of hydrogen-bond acceptors (Lipinski definition) is 4. The van der Waals surface area contributed by atoms with E-state index in [4.69, 9.17) is 4.42 Å². The van der Waals surface area contributed by atoms with Crippen molar-refractivity contribution in [3.05, 3.63) is 95.0 Å². The summed E-state index contributed by atoms with van der Waals surface area (Å²) in [5.74, 6) is 0.181. The van der Waals surface area contributed by atoms with Gasteiger partial charge in [0.2, 0.25) is 5.78 Å². The second-order valence-electron chi connectivity index (χ2n) is 7.35. The van der Waals surface area contributed by atoms with E-state index in [-0.39, 0.29) is 17.4 Å². The van der Waals surface area contributed by atoms with E-state index in [1.165, 1.54) is 12.1 Å². The summed E-state index contributed by atoms with van der Waals surface area (Å²) < 4.78 is 18.8. The minimum Gasteiger partial charge on any atom is -0.458 e. The van der Waals surface area contributed by atoms with E-state index in [9.17, 15) is 14.3 Å². The van der Waals surface area contributed by atoms with Crippen LogP contribution in [0.5, 0.6) is 0 Å².